The van der Waals surface area contributed by atoms with Crippen molar-refractivity contribution >= 4 is 22.5 Å². The van der Waals surface area contributed by atoms with Gasteiger partial charge in [0.05, 0.1) is 30.1 Å². The molecule has 10 nitrogen and oxygen atoms in total. The molecule has 2 aliphatic heterocycles. The van der Waals surface area contributed by atoms with Gasteiger partial charge in [-0.3, -0.25) is 19.3 Å². The molecule has 0 amide bonds. The summed E-state index contributed by atoms with van der Waals surface area (Å²) in [6.07, 6.45) is 4.68. The second-order valence-corrected chi connectivity index (χ2v) is 12.8. The Balaban J connectivity index is 1.33. The number of aromatic nitrogens is 2. The van der Waals surface area contributed by atoms with Crippen LogP contribution in [0, 0.1) is 0 Å². The van der Waals surface area contributed by atoms with Crippen LogP contribution in [0.2, 0.25) is 0 Å². The van der Waals surface area contributed by atoms with Gasteiger partial charge in [0, 0.05) is 67.6 Å². The van der Waals surface area contributed by atoms with Crippen LogP contribution in [0.4, 0.5) is 0 Å². The number of rotatable bonds is 12. The van der Waals surface area contributed by atoms with E-state index in [0.29, 0.717) is 42.8 Å². The molecule has 0 bridgehead atoms. The fourth-order valence-electron chi connectivity index (χ4n) is 7.07. The number of ketones is 2. The zero-order valence-electron chi connectivity index (χ0n) is 26.4. The number of hydrogen-bond donors (Lipinski definition) is 2. The van der Waals surface area contributed by atoms with E-state index in [1.807, 2.05) is 18.2 Å². The summed E-state index contributed by atoms with van der Waals surface area (Å²) in [6, 6.07) is 7.83. The van der Waals surface area contributed by atoms with Crippen LogP contribution in [0.25, 0.3) is 22.3 Å². The highest BCUT2D eigenvalue weighted by molar-refractivity contribution is 5.92. The average molecular weight is 617 g/mol. The molecular weight excluding hydrogens is 572 g/mol. The van der Waals surface area contributed by atoms with Gasteiger partial charge < -0.3 is 24.4 Å². The normalized spacial score (nSPS) is 19.9. The molecule has 2 N–H and O–H groups in total. The molecule has 0 radical (unpaired) electrons. The average Bonchev–Trinajstić information content (AvgIpc) is 3.42. The first kappa shape index (κ1) is 31.5. The highest BCUT2D eigenvalue weighted by Crippen LogP contribution is 2.41. The number of hydrogen-bond acceptors (Lipinski definition) is 9. The van der Waals surface area contributed by atoms with E-state index in [-0.39, 0.29) is 36.6 Å². The Kier molecular flexibility index (Phi) is 9.19. The molecule has 1 fully saturated rings. The van der Waals surface area contributed by atoms with Crippen molar-refractivity contribution in [1.82, 2.24) is 19.4 Å². The van der Waals surface area contributed by atoms with Gasteiger partial charge in [-0.05, 0) is 62.6 Å². The second-order valence-electron chi connectivity index (χ2n) is 12.8. The number of carbonyl (C=O) groups excluding carboxylic acids is 2. The summed E-state index contributed by atoms with van der Waals surface area (Å²) in [5.41, 5.74) is 3.58. The molecule has 1 atom stereocenters. The van der Waals surface area contributed by atoms with Gasteiger partial charge in [0.1, 0.15) is 18.0 Å². The number of carbonyl (C=O) groups is 2. The molecule has 0 unspecified atom stereocenters. The quantitative estimate of drug-likeness (QED) is 0.231. The van der Waals surface area contributed by atoms with Crippen LogP contribution in [0.3, 0.4) is 0 Å². The van der Waals surface area contributed by atoms with E-state index < -0.39 is 5.60 Å². The SMILES string of the molecule is CC[C@@]1(O)C(=O)CCc2c1cc1n(c2=O)Cc2c-1nc1ccc(OCCCCCCC(=O)CO)cc1c2CN1CCN(C)CC1. The van der Waals surface area contributed by atoms with Crippen molar-refractivity contribution in [3.8, 4) is 17.1 Å². The smallest absolute Gasteiger partial charge is 0.254 e. The Labute approximate surface area is 263 Å². The van der Waals surface area contributed by atoms with Crippen molar-refractivity contribution < 1.29 is 24.5 Å². The number of likely N-dealkylation sites (N-methyl/N-ethyl adjacent to an activating group) is 1. The molecule has 1 aliphatic carbocycles. The molecule has 10 heteroatoms. The number of aliphatic hydroxyl groups is 2. The second kappa shape index (κ2) is 13.1. The van der Waals surface area contributed by atoms with Gasteiger partial charge in [-0.15, -0.1) is 0 Å². The molecular formula is C35H44N4O6. The summed E-state index contributed by atoms with van der Waals surface area (Å²) >= 11 is 0. The standard InChI is InChI=1S/C35H44N4O6/c1-3-35(44)29-19-31-33-28(21-39(31)34(43)25(29)10-12-32(35)42)27(20-38-15-13-37(2)14-16-38)26-18-24(9-11-30(26)36-33)45-17-7-5-4-6-8-23(41)22-40/h9,11,18-19,40,44H,3-8,10,12-17,20-22H2,1-2H3/t35-/m0/s1. The fraction of sp³-hybridized carbons (Fsp3) is 0.543. The van der Waals surface area contributed by atoms with Crippen molar-refractivity contribution in [1.29, 1.82) is 0 Å². The predicted molar refractivity (Wildman–Crippen MR) is 172 cm³/mol. The Morgan fingerprint density at radius 3 is 2.56 bits per heavy atom. The lowest BCUT2D eigenvalue weighted by Gasteiger charge is -2.33. The first-order valence-corrected chi connectivity index (χ1v) is 16.4. The van der Waals surface area contributed by atoms with Crippen LogP contribution in [0.15, 0.2) is 29.1 Å². The molecule has 2 aromatic heterocycles. The Morgan fingerprint density at radius 2 is 1.80 bits per heavy atom. The van der Waals surface area contributed by atoms with Gasteiger partial charge in [0.15, 0.2) is 11.6 Å². The van der Waals surface area contributed by atoms with Crippen LogP contribution in [0.5, 0.6) is 5.75 Å². The summed E-state index contributed by atoms with van der Waals surface area (Å²) in [7, 11) is 2.14. The van der Waals surface area contributed by atoms with Crippen molar-refractivity contribution in [2.75, 3.05) is 46.4 Å². The summed E-state index contributed by atoms with van der Waals surface area (Å²) in [4.78, 5) is 47.9. The fourth-order valence-corrected chi connectivity index (χ4v) is 7.07. The molecule has 1 aromatic carbocycles. The minimum absolute atomic E-state index is 0.111. The van der Waals surface area contributed by atoms with Crippen molar-refractivity contribution in [2.45, 2.75) is 77.0 Å². The van der Waals surface area contributed by atoms with Gasteiger partial charge in [0.25, 0.3) is 5.56 Å². The summed E-state index contributed by atoms with van der Waals surface area (Å²) in [5.74, 6) is 0.431. The lowest BCUT2D eigenvalue weighted by molar-refractivity contribution is -0.140. The van der Waals surface area contributed by atoms with Gasteiger partial charge in [0.2, 0.25) is 0 Å². The van der Waals surface area contributed by atoms with E-state index in [0.717, 1.165) is 91.9 Å². The maximum atomic E-state index is 13.9. The zero-order valence-corrected chi connectivity index (χ0v) is 26.4. The van der Waals surface area contributed by atoms with Crippen LogP contribution >= 0.6 is 0 Å². The largest absolute Gasteiger partial charge is 0.494 e. The monoisotopic (exact) mass is 616 g/mol. The Hall–Kier alpha value is -3.44. The highest BCUT2D eigenvalue weighted by Gasteiger charge is 2.43. The molecule has 3 aromatic rings. The molecule has 0 spiro atoms. The molecule has 1 saturated heterocycles. The minimum Gasteiger partial charge on any atom is -0.494 e. The summed E-state index contributed by atoms with van der Waals surface area (Å²) in [6.45, 7) is 6.98. The number of piperazine rings is 1. The van der Waals surface area contributed by atoms with E-state index in [1.54, 1.807) is 11.5 Å². The first-order chi connectivity index (χ1) is 21.7. The lowest BCUT2D eigenvalue weighted by atomic mass is 9.77. The number of Topliss-reactive ketones (excluding diaryl/α,β-unsaturated/α-hetero) is 2. The number of pyridine rings is 2. The van der Waals surface area contributed by atoms with Crippen molar-refractivity contribution in [2.24, 2.45) is 0 Å². The molecule has 0 saturated carbocycles. The van der Waals surface area contributed by atoms with Crippen molar-refractivity contribution in [3.63, 3.8) is 0 Å². The minimum atomic E-state index is -1.65. The molecule has 3 aliphatic rings. The summed E-state index contributed by atoms with van der Waals surface area (Å²) in [5, 5.41) is 21.3. The highest BCUT2D eigenvalue weighted by atomic mass is 16.5. The number of unbranched alkanes of at least 4 members (excludes halogenated alkanes) is 3. The van der Waals surface area contributed by atoms with E-state index >= 15 is 0 Å². The van der Waals surface area contributed by atoms with Crippen LogP contribution in [-0.2, 0) is 34.7 Å². The van der Waals surface area contributed by atoms with Gasteiger partial charge in [-0.2, -0.15) is 0 Å². The maximum absolute atomic E-state index is 13.9. The topological polar surface area (TPSA) is 125 Å². The number of fused-ring (bicyclic) bond motifs is 5. The Bertz CT molecular complexity index is 1680. The first-order valence-electron chi connectivity index (χ1n) is 16.4. The third kappa shape index (κ3) is 6.08. The molecule has 6 rings (SSSR count). The van der Waals surface area contributed by atoms with Gasteiger partial charge in [-0.1, -0.05) is 19.8 Å². The zero-order chi connectivity index (χ0) is 31.7. The van der Waals surface area contributed by atoms with Crippen LogP contribution in [0.1, 0.15) is 74.1 Å². The molecule has 45 heavy (non-hydrogen) atoms. The number of ether oxygens (including phenoxy) is 1. The van der Waals surface area contributed by atoms with Crippen molar-refractivity contribution in [3.05, 3.63) is 56.9 Å². The van der Waals surface area contributed by atoms with E-state index in [9.17, 15) is 19.5 Å². The third-order valence-corrected chi connectivity index (χ3v) is 9.93. The Morgan fingerprint density at radius 1 is 1.02 bits per heavy atom. The molecule has 240 valence electrons. The number of aliphatic hydroxyl groups excluding tert-OH is 1. The maximum Gasteiger partial charge on any atom is 0.254 e. The summed E-state index contributed by atoms with van der Waals surface area (Å²) < 4.78 is 7.94. The van der Waals surface area contributed by atoms with E-state index in [1.165, 1.54) is 0 Å². The van der Waals surface area contributed by atoms with Gasteiger partial charge in [-0.25, -0.2) is 4.98 Å². The molecule has 4 heterocycles. The number of nitrogens with zero attached hydrogens (tertiary/aromatic N) is 4. The predicted octanol–water partition coefficient (Wildman–Crippen LogP) is 3.18. The van der Waals surface area contributed by atoms with E-state index in [2.05, 4.69) is 22.9 Å². The third-order valence-electron chi connectivity index (χ3n) is 9.93. The van der Waals surface area contributed by atoms with E-state index in [4.69, 9.17) is 14.8 Å². The van der Waals surface area contributed by atoms with Crippen LogP contribution in [-0.4, -0.2) is 87.6 Å². The lowest BCUT2D eigenvalue weighted by Crippen LogP contribution is -2.44. The van der Waals surface area contributed by atoms with Crippen LogP contribution < -0.4 is 10.3 Å². The number of benzene rings is 1. The van der Waals surface area contributed by atoms with Gasteiger partial charge >= 0.3 is 0 Å².